The number of nitrogens with one attached hydrogen (secondary N) is 2. The highest BCUT2D eigenvalue weighted by molar-refractivity contribution is 7.26. The first-order valence-corrected chi connectivity index (χ1v) is 14.1. The van der Waals surface area contributed by atoms with E-state index in [4.69, 9.17) is 25.8 Å². The van der Waals surface area contributed by atoms with E-state index < -0.39 is 0 Å². The molecular weight excluding hydrogens is 522 g/mol. The van der Waals surface area contributed by atoms with E-state index in [9.17, 15) is 0 Å². The molecule has 1 aliphatic rings. The highest BCUT2D eigenvalue weighted by Gasteiger charge is 2.24. The highest BCUT2D eigenvalue weighted by Crippen LogP contribution is 2.41. The number of rotatable bonds is 3. The van der Waals surface area contributed by atoms with Crippen molar-refractivity contribution < 1.29 is 0 Å². The van der Waals surface area contributed by atoms with E-state index in [-0.39, 0.29) is 11.4 Å². The molecule has 192 valence electrons. The van der Waals surface area contributed by atoms with Crippen LogP contribution in [0, 0.1) is 10.8 Å². The molecule has 3 heterocycles. The van der Waals surface area contributed by atoms with Crippen molar-refractivity contribution in [2.75, 3.05) is 0 Å². The Hall–Kier alpha value is -5.33. The summed E-state index contributed by atoms with van der Waals surface area (Å²) in [6, 6.07) is 34.6. The largest absolute Gasteiger partial charge is 0.299 e. The fraction of sp³-hybridized carbons (Fsp3) is 0. The van der Waals surface area contributed by atoms with Crippen molar-refractivity contribution in [1.29, 1.82) is 10.8 Å². The van der Waals surface area contributed by atoms with Gasteiger partial charge in [-0.15, -0.1) is 11.3 Å². The molecular formula is C35H21N5S. The Morgan fingerprint density at radius 3 is 2.12 bits per heavy atom. The molecule has 0 bridgehead atoms. The van der Waals surface area contributed by atoms with E-state index in [2.05, 4.69) is 30.3 Å². The maximum absolute atomic E-state index is 8.81. The van der Waals surface area contributed by atoms with Gasteiger partial charge in [0, 0.05) is 43.3 Å². The molecule has 5 nitrogen and oxygen atoms in total. The molecule has 4 aromatic carbocycles. The topological polar surface area (TPSA) is 86.4 Å². The van der Waals surface area contributed by atoms with Crippen molar-refractivity contribution >= 4 is 60.0 Å². The van der Waals surface area contributed by atoms with Crippen LogP contribution in [0.5, 0.6) is 0 Å². The first-order chi connectivity index (χ1) is 20.2. The minimum Gasteiger partial charge on any atom is -0.299 e. The summed E-state index contributed by atoms with van der Waals surface area (Å²) >= 11 is 1.70. The van der Waals surface area contributed by atoms with Crippen LogP contribution < -0.4 is 0 Å². The molecule has 0 saturated carbocycles. The summed E-state index contributed by atoms with van der Waals surface area (Å²) in [6.07, 6.45) is 3.60. The van der Waals surface area contributed by atoms with Gasteiger partial charge in [0.15, 0.2) is 5.82 Å². The summed E-state index contributed by atoms with van der Waals surface area (Å²) in [5.41, 5.74) is 8.27. The molecule has 41 heavy (non-hydrogen) atoms. The van der Waals surface area contributed by atoms with Gasteiger partial charge >= 0.3 is 0 Å². The lowest BCUT2D eigenvalue weighted by molar-refractivity contribution is 1.24. The summed E-state index contributed by atoms with van der Waals surface area (Å²) in [4.78, 5) is 15.3. The Morgan fingerprint density at radius 2 is 1.32 bits per heavy atom. The van der Waals surface area contributed by atoms with Gasteiger partial charge in [0.2, 0.25) is 0 Å². The predicted molar refractivity (Wildman–Crippen MR) is 170 cm³/mol. The number of benzene rings is 4. The van der Waals surface area contributed by atoms with Gasteiger partial charge in [-0.1, -0.05) is 91.0 Å². The zero-order valence-electron chi connectivity index (χ0n) is 21.7. The number of pyridine rings is 1. The Labute approximate surface area is 239 Å². The molecule has 2 N–H and O–H groups in total. The van der Waals surface area contributed by atoms with Crippen molar-refractivity contribution in [2.45, 2.75) is 0 Å². The molecule has 0 atom stereocenters. The fourth-order valence-electron chi connectivity index (χ4n) is 5.56. The first kappa shape index (κ1) is 23.5. The van der Waals surface area contributed by atoms with Crippen LogP contribution in [0.25, 0.3) is 71.2 Å². The van der Waals surface area contributed by atoms with E-state index in [1.165, 1.54) is 4.70 Å². The van der Waals surface area contributed by atoms with Gasteiger partial charge in [-0.05, 0) is 24.3 Å². The standard InChI is InChI=1S/C35H21N5S/c36-26-18-17-25-29(30(26)37)23-16-15-22(19-27(23)38-31(25)20-9-3-1-4-10-20)32-34-33(24-13-7-8-14-28(24)41-34)40-35(39-32)21-11-5-2-6-12-21/h1-19,36-37H. The van der Waals surface area contributed by atoms with Crippen LogP contribution >= 0.6 is 11.3 Å². The summed E-state index contributed by atoms with van der Waals surface area (Å²) < 4.78 is 2.20. The van der Waals surface area contributed by atoms with Crippen molar-refractivity contribution in [3.05, 3.63) is 120 Å². The fourth-order valence-corrected chi connectivity index (χ4v) is 6.72. The summed E-state index contributed by atoms with van der Waals surface area (Å²) in [6.45, 7) is 0. The minimum atomic E-state index is 0.198. The summed E-state index contributed by atoms with van der Waals surface area (Å²) in [7, 11) is 0. The van der Waals surface area contributed by atoms with Crippen molar-refractivity contribution in [3.8, 4) is 33.9 Å². The number of nitrogens with zero attached hydrogens (tertiary/aromatic N) is 3. The monoisotopic (exact) mass is 543 g/mol. The van der Waals surface area contributed by atoms with Gasteiger partial charge in [-0.3, -0.25) is 10.8 Å². The third-order valence-electron chi connectivity index (χ3n) is 7.53. The van der Waals surface area contributed by atoms with Crippen LogP contribution in [0.4, 0.5) is 0 Å². The second-order valence-corrected chi connectivity index (χ2v) is 11.1. The van der Waals surface area contributed by atoms with Crippen LogP contribution in [-0.4, -0.2) is 26.4 Å². The molecule has 0 amide bonds. The zero-order valence-corrected chi connectivity index (χ0v) is 22.5. The van der Waals surface area contributed by atoms with Gasteiger partial charge in [0.1, 0.15) is 0 Å². The Morgan fingerprint density at radius 1 is 0.585 bits per heavy atom. The zero-order chi connectivity index (χ0) is 27.5. The van der Waals surface area contributed by atoms with Crippen LogP contribution in [-0.2, 0) is 0 Å². The molecule has 1 aliphatic carbocycles. The molecule has 0 fully saturated rings. The molecule has 0 saturated heterocycles. The van der Waals surface area contributed by atoms with Crippen LogP contribution in [0.2, 0.25) is 0 Å². The van der Waals surface area contributed by atoms with Gasteiger partial charge in [-0.2, -0.15) is 0 Å². The number of fused-ring (bicyclic) bond motifs is 6. The van der Waals surface area contributed by atoms with Crippen LogP contribution in [0.1, 0.15) is 11.1 Å². The van der Waals surface area contributed by atoms with Gasteiger partial charge in [0.25, 0.3) is 0 Å². The van der Waals surface area contributed by atoms with E-state index in [1.807, 2.05) is 78.9 Å². The van der Waals surface area contributed by atoms with E-state index >= 15 is 0 Å². The van der Waals surface area contributed by atoms with Gasteiger partial charge in [0.05, 0.1) is 38.5 Å². The number of allylic oxidation sites excluding steroid dienone is 1. The lowest BCUT2D eigenvalue weighted by Crippen LogP contribution is -2.17. The lowest BCUT2D eigenvalue weighted by Gasteiger charge is -2.19. The minimum absolute atomic E-state index is 0.198. The molecule has 8 rings (SSSR count). The second kappa shape index (κ2) is 9.11. The van der Waals surface area contributed by atoms with E-state index in [1.54, 1.807) is 17.4 Å². The third kappa shape index (κ3) is 3.72. The second-order valence-electron chi connectivity index (χ2n) is 10.0. The smallest absolute Gasteiger partial charge is 0.160 e. The molecule has 0 spiro atoms. The maximum Gasteiger partial charge on any atom is 0.160 e. The number of hydrogen-bond acceptors (Lipinski definition) is 6. The molecule has 6 heteroatoms. The van der Waals surface area contributed by atoms with Gasteiger partial charge < -0.3 is 0 Å². The lowest BCUT2D eigenvalue weighted by atomic mass is 9.88. The quantitative estimate of drug-likeness (QED) is 0.233. The molecule has 7 aromatic rings. The maximum atomic E-state index is 8.81. The molecule has 3 aromatic heterocycles. The first-order valence-electron chi connectivity index (χ1n) is 13.3. The van der Waals surface area contributed by atoms with Crippen molar-refractivity contribution in [1.82, 2.24) is 15.0 Å². The Balaban J connectivity index is 1.43. The summed E-state index contributed by atoms with van der Waals surface area (Å²) in [5.74, 6) is 0.681. The van der Waals surface area contributed by atoms with Crippen molar-refractivity contribution in [2.24, 2.45) is 0 Å². The van der Waals surface area contributed by atoms with Crippen molar-refractivity contribution in [3.63, 3.8) is 0 Å². The van der Waals surface area contributed by atoms with Crippen LogP contribution in [0.15, 0.2) is 109 Å². The average Bonchev–Trinajstić information content (AvgIpc) is 3.41. The van der Waals surface area contributed by atoms with Gasteiger partial charge in [-0.25, -0.2) is 15.0 Å². The number of thiophene rings is 1. The Bertz CT molecular complexity index is 2230. The SMILES string of the molecule is N=C1C=Cc2c(-c3ccccc3)nc3cc(-c4nc(-c5ccccc5)nc5c4sc4ccccc45)ccc3c2C1=N. The summed E-state index contributed by atoms with van der Waals surface area (Å²) in [5, 5.41) is 19.1. The van der Waals surface area contributed by atoms with Crippen LogP contribution in [0.3, 0.4) is 0 Å². The molecule has 0 radical (unpaired) electrons. The van der Waals surface area contributed by atoms with E-state index in [0.717, 1.165) is 65.7 Å². The molecule has 0 aliphatic heterocycles. The normalized spacial score (nSPS) is 12.9. The molecule has 0 unspecified atom stereocenters. The highest BCUT2D eigenvalue weighted by atomic mass is 32.1. The third-order valence-corrected chi connectivity index (χ3v) is 8.70. The Kier molecular flexibility index (Phi) is 5.23. The average molecular weight is 544 g/mol. The number of hydrogen-bond donors (Lipinski definition) is 2. The predicted octanol–water partition coefficient (Wildman–Crippen LogP) is 8.81. The number of aromatic nitrogens is 3. The van der Waals surface area contributed by atoms with E-state index in [0.29, 0.717) is 5.82 Å².